The molecule has 0 radical (unpaired) electrons. The number of nitrogens with one attached hydrogen (secondary N) is 1. The number of carbonyl (C=O) groups is 2. The minimum absolute atomic E-state index is 0.160. The van der Waals surface area contributed by atoms with E-state index in [1.807, 2.05) is 0 Å². The fourth-order valence-corrected chi connectivity index (χ4v) is 3.96. The molecule has 0 fully saturated rings. The van der Waals surface area contributed by atoms with Gasteiger partial charge < -0.3 is 30.0 Å². The van der Waals surface area contributed by atoms with Gasteiger partial charge in [0.05, 0.1) is 60.6 Å². The van der Waals surface area contributed by atoms with Crippen LogP contribution in [-0.4, -0.2) is 51.7 Å². The van der Waals surface area contributed by atoms with Crippen LogP contribution in [0.25, 0.3) is 0 Å². The summed E-state index contributed by atoms with van der Waals surface area (Å²) in [5, 5.41) is 3.71. The minimum atomic E-state index is -0.833. The third-order valence-corrected chi connectivity index (χ3v) is 5.78. The highest BCUT2D eigenvalue weighted by atomic mass is 35.5. The van der Waals surface area contributed by atoms with Gasteiger partial charge in [0.2, 0.25) is 0 Å². The zero-order valence-corrected chi connectivity index (χ0v) is 20.7. The van der Waals surface area contributed by atoms with Gasteiger partial charge in [0.15, 0.2) is 0 Å². The summed E-state index contributed by atoms with van der Waals surface area (Å²) in [4.78, 5) is 25.9. The summed E-state index contributed by atoms with van der Waals surface area (Å²) in [5.41, 5.74) is 7.65. The van der Waals surface area contributed by atoms with E-state index < -0.39 is 17.9 Å². The Kier molecular flexibility index (Phi) is 10.7. The Balaban J connectivity index is 2.48. The Morgan fingerprint density at radius 2 is 1.88 bits per heavy atom. The average molecular weight is 501 g/mol. The van der Waals surface area contributed by atoms with E-state index in [9.17, 15) is 9.59 Å². The number of hydrogen-bond acceptors (Lipinski definition) is 8. The Morgan fingerprint density at radius 1 is 1.15 bits per heavy atom. The number of allylic oxidation sites excluding steroid dienone is 1. The van der Waals surface area contributed by atoms with Gasteiger partial charge >= 0.3 is 11.9 Å². The third kappa shape index (κ3) is 6.94. The average Bonchev–Trinajstić information content (AvgIpc) is 2.77. The molecule has 3 N–H and O–H groups in total. The number of nitrogens with two attached hydrogens (primary N) is 1. The molecule has 1 heterocycles. The van der Waals surface area contributed by atoms with Crippen molar-refractivity contribution < 1.29 is 28.5 Å². The molecule has 2 unspecified atom stereocenters. The number of rotatable bonds is 11. The maximum atomic E-state index is 13.1. The Hall–Kier alpha value is -2.10. The zero-order valence-electron chi connectivity index (χ0n) is 19.2. The standard InChI is InChI=1S/C23H30Cl2N2O6/c1-5-32-23(29)20-17(9-10-31-11-12-33-14(3)26)27-13(2)18(22(28)30-4)19(20)15-7-6-8-16(24)21(15)25/h6-8,14,19,27H,5,9-12,26H2,1-4H3. The minimum Gasteiger partial charge on any atom is -0.466 e. The zero-order chi connectivity index (χ0) is 24.5. The maximum absolute atomic E-state index is 13.1. The van der Waals surface area contributed by atoms with Crippen LogP contribution in [0, 0.1) is 0 Å². The highest BCUT2D eigenvalue weighted by Crippen LogP contribution is 2.44. The molecule has 1 aromatic rings. The first kappa shape index (κ1) is 27.1. The Labute approximate surface area is 204 Å². The lowest BCUT2D eigenvalue weighted by Crippen LogP contribution is -2.33. The molecule has 33 heavy (non-hydrogen) atoms. The molecule has 0 saturated carbocycles. The fraction of sp³-hybridized carbons (Fsp3) is 0.478. The second-order valence-corrected chi connectivity index (χ2v) is 8.07. The van der Waals surface area contributed by atoms with E-state index in [1.54, 1.807) is 39.0 Å². The van der Waals surface area contributed by atoms with Crippen LogP contribution in [0.2, 0.25) is 10.0 Å². The van der Waals surface area contributed by atoms with E-state index in [0.717, 1.165) is 0 Å². The summed E-state index contributed by atoms with van der Waals surface area (Å²) in [5.74, 6) is -2.00. The number of ether oxygens (including phenoxy) is 4. The van der Waals surface area contributed by atoms with Gasteiger partial charge in [-0.3, -0.25) is 0 Å². The summed E-state index contributed by atoms with van der Waals surface area (Å²) in [6, 6.07) is 5.06. The van der Waals surface area contributed by atoms with Crippen molar-refractivity contribution in [1.29, 1.82) is 0 Å². The second kappa shape index (κ2) is 13.0. The molecule has 1 aliphatic rings. The molecule has 8 nitrogen and oxygen atoms in total. The second-order valence-electron chi connectivity index (χ2n) is 7.28. The molecule has 0 spiro atoms. The first-order valence-electron chi connectivity index (χ1n) is 10.6. The largest absolute Gasteiger partial charge is 0.466 e. The number of benzene rings is 1. The molecule has 2 rings (SSSR count). The van der Waals surface area contributed by atoms with E-state index in [4.69, 9.17) is 47.9 Å². The number of esters is 2. The van der Waals surface area contributed by atoms with Gasteiger partial charge in [0, 0.05) is 17.8 Å². The van der Waals surface area contributed by atoms with Gasteiger partial charge in [-0.1, -0.05) is 35.3 Å². The SMILES string of the molecule is CCOC(=O)C1=C(CCOCCOC(C)N)NC(C)=C(C(=O)OC)C1c1cccc(Cl)c1Cl. The maximum Gasteiger partial charge on any atom is 0.336 e. The normalized spacial score (nSPS) is 17.0. The summed E-state index contributed by atoms with van der Waals surface area (Å²) >= 11 is 12.8. The summed E-state index contributed by atoms with van der Waals surface area (Å²) in [6.45, 7) is 6.32. The third-order valence-electron chi connectivity index (χ3n) is 4.94. The van der Waals surface area contributed by atoms with Gasteiger partial charge in [-0.25, -0.2) is 9.59 Å². The molecule has 0 saturated heterocycles. The lowest BCUT2D eigenvalue weighted by molar-refractivity contribution is -0.139. The number of hydrogen-bond donors (Lipinski definition) is 2. The molecule has 0 aliphatic carbocycles. The summed E-state index contributed by atoms with van der Waals surface area (Å²) in [6.07, 6.45) is -0.0215. The van der Waals surface area contributed by atoms with Crippen molar-refractivity contribution in [2.45, 2.75) is 39.3 Å². The number of halogens is 2. The van der Waals surface area contributed by atoms with Gasteiger partial charge in [-0.15, -0.1) is 0 Å². The van der Waals surface area contributed by atoms with Gasteiger partial charge in [-0.2, -0.15) is 0 Å². The van der Waals surface area contributed by atoms with Crippen molar-refractivity contribution >= 4 is 35.1 Å². The van der Waals surface area contributed by atoms with Gasteiger partial charge in [0.1, 0.15) is 6.23 Å². The molecule has 0 bridgehead atoms. The lowest BCUT2D eigenvalue weighted by atomic mass is 9.79. The lowest BCUT2D eigenvalue weighted by Gasteiger charge is -2.32. The number of dihydropyridines is 1. The number of methoxy groups -OCH3 is 1. The molecular weight excluding hydrogens is 471 g/mol. The molecule has 1 aromatic carbocycles. The van der Waals surface area contributed by atoms with Crippen LogP contribution < -0.4 is 11.1 Å². The van der Waals surface area contributed by atoms with E-state index in [-0.39, 0.29) is 29.0 Å². The fourth-order valence-electron chi connectivity index (χ4n) is 3.55. The molecule has 10 heteroatoms. The molecule has 0 aromatic heterocycles. The van der Waals surface area contributed by atoms with Crippen molar-refractivity contribution in [2.24, 2.45) is 5.73 Å². The van der Waals surface area contributed by atoms with Gasteiger partial charge in [-0.05, 0) is 32.4 Å². The monoisotopic (exact) mass is 500 g/mol. The summed E-state index contributed by atoms with van der Waals surface area (Å²) in [7, 11) is 1.28. The molecule has 2 atom stereocenters. The molecular formula is C23H30Cl2N2O6. The van der Waals surface area contributed by atoms with E-state index >= 15 is 0 Å². The first-order chi connectivity index (χ1) is 15.7. The Morgan fingerprint density at radius 3 is 2.52 bits per heavy atom. The predicted octanol–water partition coefficient (Wildman–Crippen LogP) is 3.67. The van der Waals surface area contributed by atoms with Crippen LogP contribution in [0.5, 0.6) is 0 Å². The van der Waals surface area contributed by atoms with Crippen molar-refractivity contribution in [3.05, 3.63) is 56.3 Å². The van der Waals surface area contributed by atoms with Gasteiger partial charge in [0.25, 0.3) is 0 Å². The van der Waals surface area contributed by atoms with Crippen LogP contribution in [0.15, 0.2) is 40.7 Å². The van der Waals surface area contributed by atoms with Crippen LogP contribution >= 0.6 is 23.2 Å². The predicted molar refractivity (Wildman–Crippen MR) is 126 cm³/mol. The van der Waals surface area contributed by atoms with Crippen LogP contribution in [0.3, 0.4) is 0 Å². The van der Waals surface area contributed by atoms with Crippen LogP contribution in [0.4, 0.5) is 0 Å². The summed E-state index contributed by atoms with van der Waals surface area (Å²) < 4.78 is 21.2. The highest BCUT2D eigenvalue weighted by molar-refractivity contribution is 6.42. The quantitative estimate of drug-likeness (QED) is 0.269. The van der Waals surface area contributed by atoms with Crippen molar-refractivity contribution in [3.63, 3.8) is 0 Å². The van der Waals surface area contributed by atoms with Crippen LogP contribution in [-0.2, 0) is 28.5 Å². The van der Waals surface area contributed by atoms with E-state index in [0.29, 0.717) is 48.2 Å². The van der Waals surface area contributed by atoms with E-state index in [2.05, 4.69) is 5.32 Å². The molecule has 1 aliphatic heterocycles. The highest BCUT2D eigenvalue weighted by Gasteiger charge is 2.39. The first-order valence-corrected chi connectivity index (χ1v) is 11.3. The van der Waals surface area contributed by atoms with Crippen molar-refractivity contribution in [2.75, 3.05) is 33.5 Å². The van der Waals surface area contributed by atoms with Crippen molar-refractivity contribution in [3.8, 4) is 0 Å². The smallest absolute Gasteiger partial charge is 0.336 e. The number of carbonyl (C=O) groups excluding carboxylic acids is 2. The topological polar surface area (TPSA) is 109 Å². The Bertz CT molecular complexity index is 930. The van der Waals surface area contributed by atoms with Crippen molar-refractivity contribution in [1.82, 2.24) is 5.32 Å². The van der Waals surface area contributed by atoms with Crippen LogP contribution in [0.1, 0.15) is 38.7 Å². The van der Waals surface area contributed by atoms with E-state index in [1.165, 1.54) is 7.11 Å². The molecule has 0 amide bonds. The molecule has 182 valence electrons.